The molecule has 28 heavy (non-hydrogen) atoms. The number of benzene rings is 1. The van der Waals surface area contributed by atoms with Crippen LogP contribution in [0.3, 0.4) is 0 Å². The highest BCUT2D eigenvalue weighted by molar-refractivity contribution is 6.04. The topological polar surface area (TPSA) is 104 Å². The lowest BCUT2D eigenvalue weighted by molar-refractivity contribution is -0.127. The van der Waals surface area contributed by atoms with Crippen molar-refractivity contribution in [1.29, 1.82) is 0 Å². The van der Waals surface area contributed by atoms with Gasteiger partial charge >= 0.3 is 6.03 Å². The van der Waals surface area contributed by atoms with Gasteiger partial charge in [0.15, 0.2) is 5.76 Å². The Hall–Kier alpha value is -3.81. The van der Waals surface area contributed by atoms with Crippen LogP contribution < -0.4 is 5.32 Å². The van der Waals surface area contributed by atoms with Gasteiger partial charge < -0.3 is 19.2 Å². The molecule has 0 spiro atoms. The zero-order valence-electron chi connectivity index (χ0n) is 14.7. The van der Waals surface area contributed by atoms with E-state index in [0.717, 1.165) is 21.4 Å². The number of aromatic amines is 1. The molecular formula is C20H16N4O4. The summed E-state index contributed by atoms with van der Waals surface area (Å²) < 4.78 is 10.5. The summed E-state index contributed by atoms with van der Waals surface area (Å²) in [6.45, 7) is 0.0409. The second-order valence-corrected chi connectivity index (χ2v) is 6.65. The molecule has 8 nitrogen and oxygen atoms in total. The number of carbonyl (C=O) groups excluding carboxylic acids is 2. The first-order valence-electron chi connectivity index (χ1n) is 8.85. The molecule has 2 N–H and O–H groups in total. The summed E-state index contributed by atoms with van der Waals surface area (Å²) in [5, 5.41) is 7.73. The molecule has 5 rings (SSSR count). The van der Waals surface area contributed by atoms with Gasteiger partial charge in [0, 0.05) is 29.6 Å². The van der Waals surface area contributed by atoms with Crippen molar-refractivity contribution in [2.75, 3.05) is 0 Å². The third kappa shape index (κ3) is 2.75. The molecule has 1 saturated heterocycles. The first kappa shape index (κ1) is 16.4. The van der Waals surface area contributed by atoms with E-state index in [-0.39, 0.29) is 12.5 Å². The van der Waals surface area contributed by atoms with Gasteiger partial charge in [-0.05, 0) is 23.8 Å². The van der Waals surface area contributed by atoms with Gasteiger partial charge in [0.05, 0.1) is 12.8 Å². The van der Waals surface area contributed by atoms with E-state index >= 15 is 0 Å². The quantitative estimate of drug-likeness (QED) is 0.521. The molecular weight excluding hydrogens is 360 g/mol. The van der Waals surface area contributed by atoms with Gasteiger partial charge in [0.2, 0.25) is 5.76 Å². The maximum Gasteiger partial charge on any atom is 0.325 e. The summed E-state index contributed by atoms with van der Waals surface area (Å²) in [4.78, 5) is 29.5. The summed E-state index contributed by atoms with van der Waals surface area (Å²) in [6.07, 6.45) is 3.83. The van der Waals surface area contributed by atoms with Crippen molar-refractivity contribution in [3.05, 3.63) is 66.2 Å². The number of nitrogens with one attached hydrogen (secondary N) is 2. The number of fused-ring (bicyclic) bond motifs is 1. The van der Waals surface area contributed by atoms with Crippen LogP contribution in [0.1, 0.15) is 11.3 Å². The Morgan fingerprint density at radius 1 is 1.11 bits per heavy atom. The SMILES string of the molecule is O=C1N[C@@H](Cc2c[nH]c3ccccc23)C(=O)N1Cc1cc(-c2ccco2)on1. The minimum Gasteiger partial charge on any atom is -0.461 e. The van der Waals surface area contributed by atoms with E-state index in [0.29, 0.717) is 23.6 Å². The number of hydrogen-bond donors (Lipinski definition) is 2. The largest absolute Gasteiger partial charge is 0.461 e. The number of urea groups is 1. The second kappa shape index (κ2) is 6.41. The van der Waals surface area contributed by atoms with Crippen LogP contribution in [0, 0.1) is 0 Å². The van der Waals surface area contributed by atoms with Gasteiger partial charge in [0.25, 0.3) is 5.91 Å². The van der Waals surface area contributed by atoms with Gasteiger partial charge in [-0.2, -0.15) is 0 Å². The van der Waals surface area contributed by atoms with Crippen LogP contribution in [-0.2, 0) is 17.8 Å². The fourth-order valence-electron chi connectivity index (χ4n) is 3.47. The summed E-state index contributed by atoms with van der Waals surface area (Å²) in [5.41, 5.74) is 2.46. The lowest BCUT2D eigenvalue weighted by Gasteiger charge is -2.10. The van der Waals surface area contributed by atoms with Crippen molar-refractivity contribution in [3.8, 4) is 11.5 Å². The van der Waals surface area contributed by atoms with Crippen molar-refractivity contribution in [2.45, 2.75) is 19.0 Å². The number of nitrogens with zero attached hydrogens (tertiary/aromatic N) is 2. The van der Waals surface area contributed by atoms with Crippen LogP contribution >= 0.6 is 0 Å². The summed E-state index contributed by atoms with van der Waals surface area (Å²) >= 11 is 0. The smallest absolute Gasteiger partial charge is 0.325 e. The standard InChI is InChI=1S/C20H16N4O4/c25-19-16(8-12-10-21-15-5-2-1-4-14(12)15)22-20(26)24(19)11-13-9-18(28-23-13)17-6-3-7-27-17/h1-7,9-10,16,21H,8,11H2,(H,22,26)/t16-/m0/s1. The Bertz CT molecular complexity index is 1160. The number of hydrogen-bond acceptors (Lipinski definition) is 5. The third-order valence-electron chi connectivity index (χ3n) is 4.85. The Morgan fingerprint density at radius 2 is 2.00 bits per heavy atom. The average molecular weight is 376 g/mol. The number of rotatable bonds is 5. The van der Waals surface area contributed by atoms with Crippen molar-refractivity contribution in [2.24, 2.45) is 0 Å². The number of para-hydroxylation sites is 1. The highest BCUT2D eigenvalue weighted by Crippen LogP contribution is 2.24. The molecule has 1 fully saturated rings. The van der Waals surface area contributed by atoms with Crippen molar-refractivity contribution in [3.63, 3.8) is 0 Å². The highest BCUT2D eigenvalue weighted by Gasteiger charge is 2.38. The van der Waals surface area contributed by atoms with Gasteiger partial charge in [-0.3, -0.25) is 9.69 Å². The van der Waals surface area contributed by atoms with Crippen molar-refractivity contribution < 1.29 is 18.5 Å². The number of H-pyrrole nitrogens is 1. The average Bonchev–Trinajstić information content (AvgIpc) is 3.48. The molecule has 3 amide bonds. The van der Waals surface area contributed by atoms with E-state index in [4.69, 9.17) is 8.94 Å². The number of aromatic nitrogens is 2. The van der Waals surface area contributed by atoms with E-state index in [1.54, 1.807) is 18.2 Å². The zero-order valence-corrected chi connectivity index (χ0v) is 14.7. The Labute approximate surface area is 159 Å². The molecule has 0 radical (unpaired) electrons. The number of furan rings is 1. The summed E-state index contributed by atoms with van der Waals surface area (Å²) in [5.74, 6) is 0.702. The van der Waals surface area contributed by atoms with Crippen molar-refractivity contribution in [1.82, 2.24) is 20.4 Å². The fourth-order valence-corrected chi connectivity index (χ4v) is 3.47. The molecule has 0 aliphatic carbocycles. The Kier molecular flexibility index (Phi) is 3.75. The van der Waals surface area contributed by atoms with Gasteiger partial charge in [-0.15, -0.1) is 0 Å². The minimum atomic E-state index is -0.608. The van der Waals surface area contributed by atoms with Crippen LogP contribution in [0.2, 0.25) is 0 Å². The van der Waals surface area contributed by atoms with Gasteiger partial charge in [-0.25, -0.2) is 4.79 Å². The minimum absolute atomic E-state index is 0.0409. The molecule has 4 aromatic rings. The molecule has 0 bridgehead atoms. The van der Waals surface area contributed by atoms with Crippen LogP contribution in [0.15, 0.2) is 63.9 Å². The van der Waals surface area contributed by atoms with E-state index in [9.17, 15) is 9.59 Å². The lowest BCUT2D eigenvalue weighted by Crippen LogP contribution is -2.32. The molecule has 1 atom stereocenters. The first-order valence-corrected chi connectivity index (χ1v) is 8.85. The molecule has 140 valence electrons. The molecule has 1 aromatic carbocycles. The maximum atomic E-state index is 12.8. The molecule has 4 heterocycles. The highest BCUT2D eigenvalue weighted by atomic mass is 16.5. The van der Waals surface area contributed by atoms with Gasteiger partial charge in [-0.1, -0.05) is 23.4 Å². The van der Waals surface area contributed by atoms with Crippen LogP contribution in [0.5, 0.6) is 0 Å². The molecule has 0 unspecified atom stereocenters. The van der Waals surface area contributed by atoms with E-state index in [2.05, 4.69) is 15.5 Å². The number of amides is 3. The molecule has 3 aromatic heterocycles. The predicted molar refractivity (Wildman–Crippen MR) is 99.1 cm³/mol. The first-order chi connectivity index (χ1) is 13.7. The normalized spacial score (nSPS) is 16.9. The second-order valence-electron chi connectivity index (χ2n) is 6.65. The van der Waals surface area contributed by atoms with Crippen LogP contribution in [0.4, 0.5) is 4.79 Å². The third-order valence-corrected chi connectivity index (χ3v) is 4.85. The zero-order chi connectivity index (χ0) is 19.1. The molecule has 1 aliphatic rings. The van der Waals surface area contributed by atoms with E-state index < -0.39 is 12.1 Å². The van der Waals surface area contributed by atoms with Gasteiger partial charge in [0.1, 0.15) is 11.7 Å². The predicted octanol–water partition coefficient (Wildman–Crippen LogP) is 3.08. The maximum absolute atomic E-state index is 12.8. The molecule has 0 saturated carbocycles. The Morgan fingerprint density at radius 3 is 2.86 bits per heavy atom. The van der Waals surface area contributed by atoms with Crippen LogP contribution in [-0.4, -0.2) is 33.0 Å². The lowest BCUT2D eigenvalue weighted by atomic mass is 10.1. The summed E-state index contributed by atoms with van der Waals surface area (Å²) in [7, 11) is 0. The summed E-state index contributed by atoms with van der Waals surface area (Å²) in [6, 6.07) is 12.0. The monoisotopic (exact) mass is 376 g/mol. The number of imide groups is 1. The Balaban J connectivity index is 1.32. The van der Waals surface area contributed by atoms with E-state index in [1.165, 1.54) is 6.26 Å². The fraction of sp³-hybridized carbons (Fsp3) is 0.150. The number of carbonyl (C=O) groups is 2. The van der Waals surface area contributed by atoms with Crippen LogP contribution in [0.25, 0.3) is 22.4 Å². The molecule has 1 aliphatic heterocycles. The van der Waals surface area contributed by atoms with Crippen molar-refractivity contribution >= 4 is 22.8 Å². The molecule has 8 heteroatoms. The van der Waals surface area contributed by atoms with E-state index in [1.807, 2.05) is 30.5 Å².